The van der Waals surface area contributed by atoms with Crippen molar-refractivity contribution in [1.82, 2.24) is 15.3 Å². The van der Waals surface area contributed by atoms with Crippen molar-refractivity contribution >= 4 is 40.0 Å². The molecule has 0 radical (unpaired) electrons. The van der Waals surface area contributed by atoms with Crippen LogP contribution >= 0.6 is 0 Å². The quantitative estimate of drug-likeness (QED) is 0.0167. The summed E-state index contributed by atoms with van der Waals surface area (Å²) in [6, 6.07) is 40.4. The van der Waals surface area contributed by atoms with E-state index in [4.69, 9.17) is 14.5 Å². The Morgan fingerprint density at radius 1 is 0.708 bits per heavy atom. The third-order valence-electron chi connectivity index (χ3n) is 10.2. The van der Waals surface area contributed by atoms with E-state index in [9.17, 15) is 37.6 Å². The van der Waals surface area contributed by atoms with Crippen LogP contribution in [0.1, 0.15) is 60.1 Å². The molecule has 0 aliphatic carbocycles. The van der Waals surface area contributed by atoms with E-state index in [2.05, 4.69) is 39.0 Å². The van der Waals surface area contributed by atoms with Gasteiger partial charge in [-0.15, -0.1) is 0 Å². The second-order valence-electron chi connectivity index (χ2n) is 15.1. The monoisotopic (exact) mass is 899 g/mol. The van der Waals surface area contributed by atoms with Crippen LogP contribution < -0.4 is 20.2 Å². The van der Waals surface area contributed by atoms with Crippen molar-refractivity contribution in [1.29, 1.82) is 0 Å². The molecule has 5 N–H and O–H groups in total. The molecule has 16 heteroatoms. The molecule has 0 bridgehead atoms. The maximum atomic E-state index is 13.3. The van der Waals surface area contributed by atoms with Crippen molar-refractivity contribution in [3.05, 3.63) is 156 Å². The summed E-state index contributed by atoms with van der Waals surface area (Å²) in [4.78, 5) is 46.2. The van der Waals surface area contributed by atoms with Crippen LogP contribution in [0.2, 0.25) is 0 Å². The first-order chi connectivity index (χ1) is 31.4. The maximum Gasteiger partial charge on any atom is 0.306 e. The molecule has 336 valence electrons. The smallest absolute Gasteiger partial charge is 0.306 e. The summed E-state index contributed by atoms with van der Waals surface area (Å²) < 4.78 is 45.1. The largest absolute Gasteiger partial charge is 0.493 e. The normalized spacial score (nSPS) is 12.3. The number of anilines is 1. The molecule has 0 fully saturated rings. The average molecular weight is 900 g/mol. The number of hydrogen-bond donors (Lipinski definition) is 5. The van der Waals surface area contributed by atoms with E-state index in [1.54, 1.807) is 24.3 Å². The molecular formula is C49H49N5O10S. The zero-order valence-corrected chi connectivity index (χ0v) is 36.1. The van der Waals surface area contributed by atoms with Gasteiger partial charge < -0.3 is 25.0 Å². The van der Waals surface area contributed by atoms with Gasteiger partial charge in [0.15, 0.2) is 0 Å². The van der Waals surface area contributed by atoms with Gasteiger partial charge in [-0.05, 0) is 85.5 Å². The van der Waals surface area contributed by atoms with Gasteiger partial charge in [-0.2, -0.15) is 13.5 Å². The second kappa shape index (κ2) is 23.3. The Balaban J connectivity index is 0.986. The SMILES string of the molecule is O=C(O)CC(CCC(Cc1ccccc1OCCCCCOc1cc(-c2ccccc2)cc(-c2ccccc2)n1)C(=O)O)NC(=O)c1cccc(N/N=C/c2ccccc2S(=O)(=O)O)n1. The molecule has 15 nitrogen and oxygen atoms in total. The number of carbonyl (C=O) groups is 3. The van der Waals surface area contributed by atoms with E-state index in [1.807, 2.05) is 60.7 Å². The second-order valence-corrected chi connectivity index (χ2v) is 16.4. The van der Waals surface area contributed by atoms with E-state index in [1.165, 1.54) is 36.4 Å². The Morgan fingerprint density at radius 3 is 2.11 bits per heavy atom. The predicted molar refractivity (Wildman–Crippen MR) is 246 cm³/mol. The summed E-state index contributed by atoms with van der Waals surface area (Å²) in [6.07, 6.45) is 3.26. The van der Waals surface area contributed by atoms with Crippen LogP contribution in [-0.2, 0) is 26.1 Å². The van der Waals surface area contributed by atoms with Gasteiger partial charge in [-0.25, -0.2) is 9.97 Å². The van der Waals surface area contributed by atoms with Crippen LogP contribution in [-0.4, -0.2) is 76.5 Å². The number of ether oxygens (including phenoxy) is 2. The van der Waals surface area contributed by atoms with Gasteiger partial charge >= 0.3 is 11.9 Å². The molecule has 0 aliphatic heterocycles. The lowest BCUT2D eigenvalue weighted by molar-refractivity contribution is -0.142. The molecule has 4 aromatic carbocycles. The van der Waals surface area contributed by atoms with E-state index in [0.717, 1.165) is 47.9 Å². The van der Waals surface area contributed by atoms with E-state index in [-0.39, 0.29) is 41.2 Å². The fourth-order valence-electron chi connectivity index (χ4n) is 6.98. The molecule has 2 unspecified atom stereocenters. The fraction of sp³-hybridized carbons (Fsp3) is 0.224. The highest BCUT2D eigenvalue weighted by atomic mass is 32.2. The van der Waals surface area contributed by atoms with Crippen LogP contribution in [0.5, 0.6) is 11.6 Å². The predicted octanol–water partition coefficient (Wildman–Crippen LogP) is 8.43. The number of hydrogen-bond acceptors (Lipinski definition) is 11. The summed E-state index contributed by atoms with van der Waals surface area (Å²) in [5.41, 5.74) is 7.23. The van der Waals surface area contributed by atoms with E-state index >= 15 is 0 Å². The number of carboxylic acid groups (broad SMARTS) is 2. The van der Waals surface area contributed by atoms with Crippen LogP contribution in [0.4, 0.5) is 5.82 Å². The van der Waals surface area contributed by atoms with Gasteiger partial charge in [-0.1, -0.05) is 103 Å². The highest BCUT2D eigenvalue weighted by Gasteiger charge is 2.25. The van der Waals surface area contributed by atoms with Crippen molar-refractivity contribution in [2.75, 3.05) is 18.6 Å². The number of carboxylic acids is 2. The summed E-state index contributed by atoms with van der Waals surface area (Å²) in [6.45, 7) is 0.870. The molecule has 6 aromatic rings. The van der Waals surface area contributed by atoms with Crippen molar-refractivity contribution < 1.29 is 47.0 Å². The minimum atomic E-state index is -4.50. The van der Waals surface area contributed by atoms with Gasteiger partial charge in [0.1, 0.15) is 22.2 Å². The highest BCUT2D eigenvalue weighted by Crippen LogP contribution is 2.29. The minimum Gasteiger partial charge on any atom is -0.493 e. The maximum absolute atomic E-state index is 13.3. The van der Waals surface area contributed by atoms with Gasteiger partial charge in [0.05, 0.1) is 37.5 Å². The number of aromatic nitrogens is 2. The number of aliphatic carboxylic acids is 2. The summed E-state index contributed by atoms with van der Waals surface area (Å²) in [5, 5.41) is 26.5. The number of nitrogens with zero attached hydrogens (tertiary/aromatic N) is 3. The minimum absolute atomic E-state index is 0.0507. The van der Waals surface area contributed by atoms with Crippen molar-refractivity contribution in [3.8, 4) is 34.0 Å². The molecule has 2 aromatic heterocycles. The van der Waals surface area contributed by atoms with Gasteiger partial charge in [0, 0.05) is 23.2 Å². The number of rotatable bonds is 24. The molecular weight excluding hydrogens is 851 g/mol. The Morgan fingerprint density at radius 2 is 1.38 bits per heavy atom. The zero-order chi connectivity index (χ0) is 46.0. The highest BCUT2D eigenvalue weighted by molar-refractivity contribution is 7.86. The zero-order valence-electron chi connectivity index (χ0n) is 35.3. The third-order valence-corrected chi connectivity index (χ3v) is 11.2. The molecule has 65 heavy (non-hydrogen) atoms. The van der Waals surface area contributed by atoms with Crippen LogP contribution in [0.3, 0.4) is 0 Å². The number of para-hydroxylation sites is 1. The molecule has 0 spiro atoms. The molecule has 0 saturated heterocycles. The number of unbranched alkanes of at least 4 members (excludes halogenated alkanes) is 2. The lowest BCUT2D eigenvalue weighted by Gasteiger charge is -2.20. The topological polar surface area (TPSA) is 227 Å². The molecule has 2 heterocycles. The van der Waals surface area contributed by atoms with E-state index < -0.39 is 46.3 Å². The number of pyridine rings is 2. The van der Waals surface area contributed by atoms with Crippen molar-refractivity contribution in [2.45, 2.75) is 55.9 Å². The summed E-state index contributed by atoms with van der Waals surface area (Å²) in [7, 11) is -4.50. The van der Waals surface area contributed by atoms with E-state index in [0.29, 0.717) is 30.4 Å². The van der Waals surface area contributed by atoms with Crippen LogP contribution in [0, 0.1) is 5.92 Å². The third kappa shape index (κ3) is 14.6. The number of benzene rings is 4. The van der Waals surface area contributed by atoms with Gasteiger partial charge in [-0.3, -0.25) is 24.4 Å². The standard InChI is InChI=1S/C49H49N5O10S/c55-47(56)32-40(51-48(57)41-21-14-24-45(52-41)54-50-33-38-20-9-11-23-44(38)65(60,61)62)26-25-37(49(58)59)29-36-19-8-10-22-43(36)63-27-12-3-13-28-64-46-31-39(34-15-4-1-5-16-34)30-42(53-46)35-17-6-2-7-18-35/h1-2,4-11,14-24,30-31,33,37,40H,3,12-13,25-29,32H2,(H,51,57)(H,52,54)(H,55,56)(H,58,59)(H,60,61,62)/b50-33+. The number of carbonyl (C=O) groups excluding carboxylic acids is 1. The number of amides is 1. The van der Waals surface area contributed by atoms with Gasteiger partial charge in [0.2, 0.25) is 5.88 Å². The Bertz CT molecular complexity index is 2630. The van der Waals surface area contributed by atoms with Crippen molar-refractivity contribution in [2.24, 2.45) is 11.0 Å². The lowest BCUT2D eigenvalue weighted by atomic mass is 9.92. The Hall–Kier alpha value is -7.43. The number of hydrazone groups is 1. The first-order valence-electron chi connectivity index (χ1n) is 21.0. The molecule has 0 saturated carbocycles. The van der Waals surface area contributed by atoms with Crippen LogP contribution in [0.25, 0.3) is 22.4 Å². The molecule has 2 atom stereocenters. The fourth-order valence-corrected chi connectivity index (χ4v) is 7.64. The average Bonchev–Trinajstić information content (AvgIpc) is 3.30. The summed E-state index contributed by atoms with van der Waals surface area (Å²) in [5.74, 6) is -2.62. The van der Waals surface area contributed by atoms with Crippen molar-refractivity contribution in [3.63, 3.8) is 0 Å². The Kier molecular flexibility index (Phi) is 16.9. The lowest BCUT2D eigenvalue weighted by Crippen LogP contribution is -2.37. The first-order valence-corrected chi connectivity index (χ1v) is 22.4. The summed E-state index contributed by atoms with van der Waals surface area (Å²) >= 11 is 0. The molecule has 1 amide bonds. The first kappa shape index (κ1) is 47.1. The number of nitrogens with one attached hydrogen (secondary N) is 2. The van der Waals surface area contributed by atoms with Crippen LogP contribution in [0.15, 0.2) is 150 Å². The Labute approximate surface area is 377 Å². The van der Waals surface area contributed by atoms with Gasteiger partial charge in [0.25, 0.3) is 16.0 Å². The molecule has 0 aliphatic rings. The molecule has 6 rings (SSSR count).